The van der Waals surface area contributed by atoms with Crippen LogP contribution in [0.2, 0.25) is 5.54 Å². The van der Waals surface area contributed by atoms with Crippen LogP contribution in [0.4, 0.5) is 0 Å². The fourth-order valence-electron chi connectivity index (χ4n) is 1.94. The summed E-state index contributed by atoms with van der Waals surface area (Å²) in [7, 11) is -2.71. The summed E-state index contributed by atoms with van der Waals surface area (Å²) in [6, 6.07) is 0. The third-order valence-electron chi connectivity index (χ3n) is 2.53. The monoisotopic (exact) mass is 265 g/mol. The molecule has 0 aliphatic rings. The molecule has 0 aromatic heterocycles. The molecule has 0 aliphatic carbocycles. The molecule has 1 unspecified atom stereocenters. The van der Waals surface area contributed by atoms with Crippen molar-refractivity contribution >= 4 is 8.80 Å². The van der Waals surface area contributed by atoms with Gasteiger partial charge in [-0.05, 0) is 40.2 Å². The van der Waals surface area contributed by atoms with Crippen molar-refractivity contribution in [1.82, 2.24) is 0 Å². The second-order valence-electron chi connectivity index (χ2n) is 3.69. The smallest absolute Gasteiger partial charge is 0.396 e. The van der Waals surface area contributed by atoms with Gasteiger partial charge in [-0.1, -0.05) is 0 Å². The van der Waals surface area contributed by atoms with E-state index in [9.17, 15) is 0 Å². The first-order chi connectivity index (χ1) is 8.20. The second-order valence-corrected chi connectivity index (χ2v) is 6.58. The minimum absolute atomic E-state index is 0.0809. The van der Waals surface area contributed by atoms with Crippen LogP contribution in [0, 0.1) is 0 Å². The Balaban J connectivity index is 4.87. The molecular weight excluding hydrogens is 238 g/mol. The first kappa shape index (κ1) is 17.0. The lowest BCUT2D eigenvalue weighted by Gasteiger charge is -2.35. The predicted octanol–water partition coefficient (Wildman–Crippen LogP) is 1.14. The summed E-state index contributed by atoms with van der Waals surface area (Å²) in [5.74, 6) is 0. The Bertz CT molecular complexity index is 160. The van der Waals surface area contributed by atoms with E-state index in [1.807, 2.05) is 20.8 Å². The van der Waals surface area contributed by atoms with Crippen LogP contribution in [0.15, 0.2) is 0 Å². The van der Waals surface area contributed by atoms with Crippen molar-refractivity contribution in [3.63, 3.8) is 0 Å². The standard InChI is InChI=1S/C11H27NO4Si/c1-4-14-17(15-5-2,16-6-3)11(7-9-12)8-10-13/h11,13H,4-10,12H2,1-3H3. The molecule has 0 amide bonds. The molecule has 0 saturated heterocycles. The summed E-state index contributed by atoms with van der Waals surface area (Å²) in [6.07, 6.45) is 1.37. The fourth-order valence-corrected chi connectivity index (χ4v) is 5.10. The SMILES string of the molecule is CCO[Si](OCC)(OCC)C(CCN)CCO. The summed E-state index contributed by atoms with van der Waals surface area (Å²) >= 11 is 0. The third-order valence-corrected chi connectivity index (χ3v) is 6.18. The first-order valence-corrected chi connectivity index (χ1v) is 8.23. The summed E-state index contributed by atoms with van der Waals surface area (Å²) in [4.78, 5) is 0. The quantitative estimate of drug-likeness (QED) is 0.548. The van der Waals surface area contributed by atoms with Crippen LogP contribution in [-0.2, 0) is 13.3 Å². The van der Waals surface area contributed by atoms with Crippen LogP contribution >= 0.6 is 0 Å². The molecule has 0 radical (unpaired) electrons. The van der Waals surface area contributed by atoms with E-state index in [4.69, 9.17) is 24.1 Å². The molecule has 17 heavy (non-hydrogen) atoms. The van der Waals surface area contributed by atoms with Gasteiger partial charge in [0.25, 0.3) is 0 Å². The third kappa shape index (κ3) is 5.46. The summed E-state index contributed by atoms with van der Waals surface area (Å²) in [5.41, 5.74) is 5.70. The molecule has 0 fully saturated rings. The number of hydrogen-bond donors (Lipinski definition) is 2. The van der Waals surface area contributed by atoms with Crippen LogP contribution in [0.25, 0.3) is 0 Å². The number of rotatable bonds is 11. The molecule has 0 spiro atoms. The molecule has 0 aromatic carbocycles. The second kappa shape index (κ2) is 9.99. The van der Waals surface area contributed by atoms with Gasteiger partial charge in [0.05, 0.1) is 0 Å². The Morgan fingerprint density at radius 2 is 1.47 bits per heavy atom. The van der Waals surface area contributed by atoms with Crippen LogP contribution in [0.5, 0.6) is 0 Å². The van der Waals surface area contributed by atoms with Gasteiger partial charge in [-0.25, -0.2) is 0 Å². The molecule has 1 atom stereocenters. The molecule has 5 nitrogen and oxygen atoms in total. The Kier molecular flexibility index (Phi) is 10.00. The number of hydrogen-bond acceptors (Lipinski definition) is 5. The lowest BCUT2D eigenvalue weighted by Crippen LogP contribution is -2.51. The van der Waals surface area contributed by atoms with Gasteiger partial charge in [-0.15, -0.1) is 0 Å². The zero-order valence-corrected chi connectivity index (χ0v) is 12.3. The molecule has 0 aromatic rings. The highest BCUT2D eigenvalue weighted by atomic mass is 28.4. The maximum absolute atomic E-state index is 9.15. The Morgan fingerprint density at radius 1 is 1.00 bits per heavy atom. The zero-order chi connectivity index (χ0) is 13.1. The van der Waals surface area contributed by atoms with Crippen molar-refractivity contribution in [2.75, 3.05) is 33.0 Å². The van der Waals surface area contributed by atoms with E-state index in [1.165, 1.54) is 0 Å². The van der Waals surface area contributed by atoms with E-state index < -0.39 is 8.80 Å². The van der Waals surface area contributed by atoms with Gasteiger partial charge in [-0.3, -0.25) is 0 Å². The van der Waals surface area contributed by atoms with Crippen molar-refractivity contribution in [2.24, 2.45) is 5.73 Å². The first-order valence-electron chi connectivity index (χ1n) is 6.43. The zero-order valence-electron chi connectivity index (χ0n) is 11.3. The van der Waals surface area contributed by atoms with E-state index in [0.717, 1.165) is 6.42 Å². The van der Waals surface area contributed by atoms with Gasteiger partial charge in [0, 0.05) is 32.0 Å². The molecule has 104 valence electrons. The molecular formula is C11H27NO4Si. The van der Waals surface area contributed by atoms with Gasteiger partial charge in [-0.2, -0.15) is 0 Å². The number of nitrogens with two attached hydrogens (primary N) is 1. The van der Waals surface area contributed by atoms with E-state index >= 15 is 0 Å². The van der Waals surface area contributed by atoms with E-state index in [-0.39, 0.29) is 12.1 Å². The van der Waals surface area contributed by atoms with Crippen molar-refractivity contribution < 1.29 is 18.4 Å². The summed E-state index contributed by atoms with van der Waals surface area (Å²) < 4.78 is 17.4. The largest absolute Gasteiger partial charge is 0.504 e. The Morgan fingerprint density at radius 3 is 1.76 bits per heavy atom. The molecule has 0 bridgehead atoms. The van der Waals surface area contributed by atoms with Gasteiger partial charge in [0.2, 0.25) is 0 Å². The molecule has 0 saturated carbocycles. The number of aliphatic hydroxyl groups is 1. The maximum atomic E-state index is 9.15. The van der Waals surface area contributed by atoms with Crippen LogP contribution < -0.4 is 5.73 Å². The lowest BCUT2D eigenvalue weighted by molar-refractivity contribution is 0.0565. The minimum atomic E-state index is -2.71. The molecule has 0 rings (SSSR count). The summed E-state index contributed by atoms with van der Waals surface area (Å²) in [5, 5.41) is 9.15. The topological polar surface area (TPSA) is 73.9 Å². The summed E-state index contributed by atoms with van der Waals surface area (Å²) in [6.45, 7) is 8.10. The van der Waals surface area contributed by atoms with Crippen LogP contribution in [0.3, 0.4) is 0 Å². The van der Waals surface area contributed by atoms with Crippen molar-refractivity contribution in [3.8, 4) is 0 Å². The van der Waals surface area contributed by atoms with Crippen molar-refractivity contribution in [2.45, 2.75) is 39.2 Å². The average molecular weight is 265 g/mol. The van der Waals surface area contributed by atoms with Gasteiger partial charge >= 0.3 is 8.80 Å². The molecule has 6 heteroatoms. The number of aliphatic hydroxyl groups excluding tert-OH is 1. The molecule has 0 heterocycles. The van der Waals surface area contributed by atoms with Gasteiger partial charge in [0.15, 0.2) is 0 Å². The molecule has 3 N–H and O–H groups in total. The Labute approximate surface area is 106 Å². The minimum Gasteiger partial charge on any atom is -0.396 e. The predicted molar refractivity (Wildman–Crippen MR) is 69.8 cm³/mol. The van der Waals surface area contributed by atoms with Crippen molar-refractivity contribution in [3.05, 3.63) is 0 Å². The highest BCUT2D eigenvalue weighted by Gasteiger charge is 2.48. The van der Waals surface area contributed by atoms with Crippen LogP contribution in [-0.4, -0.2) is 46.9 Å². The van der Waals surface area contributed by atoms with E-state index in [0.29, 0.717) is 32.8 Å². The van der Waals surface area contributed by atoms with E-state index in [2.05, 4.69) is 0 Å². The normalized spacial score (nSPS) is 13.9. The van der Waals surface area contributed by atoms with Gasteiger partial charge < -0.3 is 24.1 Å². The van der Waals surface area contributed by atoms with E-state index in [1.54, 1.807) is 0 Å². The highest BCUT2D eigenvalue weighted by Crippen LogP contribution is 2.31. The van der Waals surface area contributed by atoms with Crippen LogP contribution in [0.1, 0.15) is 33.6 Å². The Hall–Kier alpha value is 0.0169. The highest BCUT2D eigenvalue weighted by molar-refractivity contribution is 6.62. The maximum Gasteiger partial charge on any atom is 0.504 e. The average Bonchev–Trinajstić information content (AvgIpc) is 2.29. The lowest BCUT2D eigenvalue weighted by atomic mass is 10.2. The van der Waals surface area contributed by atoms with Crippen molar-refractivity contribution in [1.29, 1.82) is 0 Å². The molecule has 0 aliphatic heterocycles. The van der Waals surface area contributed by atoms with Gasteiger partial charge in [0.1, 0.15) is 0 Å². The fraction of sp³-hybridized carbons (Fsp3) is 1.00.